The van der Waals surface area contributed by atoms with Crippen LogP contribution in [0.2, 0.25) is 0 Å². The van der Waals surface area contributed by atoms with Crippen molar-refractivity contribution in [2.45, 2.75) is 24.5 Å². The third-order valence-corrected chi connectivity index (χ3v) is 7.05. The molecule has 1 N–H and O–H groups in total. The van der Waals surface area contributed by atoms with E-state index < -0.39 is 28.0 Å². The van der Waals surface area contributed by atoms with Crippen LogP contribution >= 0.6 is 11.8 Å². The summed E-state index contributed by atoms with van der Waals surface area (Å²) in [6.07, 6.45) is -1.03. The third-order valence-electron chi connectivity index (χ3n) is 4.74. The first-order valence-corrected chi connectivity index (χ1v) is 11.8. The van der Waals surface area contributed by atoms with Crippen LogP contribution in [0.15, 0.2) is 51.8 Å². The van der Waals surface area contributed by atoms with Crippen LogP contribution in [0.5, 0.6) is 0 Å². The van der Waals surface area contributed by atoms with Crippen LogP contribution in [0.4, 0.5) is 10.1 Å². The van der Waals surface area contributed by atoms with Gasteiger partial charge in [0, 0.05) is 18.0 Å². The SMILES string of the molecule is CC(OC(=O)c1ccc2c(c1)SC1=NS(=O)(=O)CCN12)C(=O)NCc1ccc(F)cc1. The Bertz CT molecular complexity index is 1180. The number of amides is 1. The number of ether oxygens (including phenoxy) is 1. The number of carbonyl (C=O) groups is 2. The van der Waals surface area contributed by atoms with Crippen molar-refractivity contribution in [3.63, 3.8) is 0 Å². The molecule has 0 bridgehead atoms. The minimum Gasteiger partial charge on any atom is -0.449 e. The molecule has 8 nitrogen and oxygen atoms in total. The molecule has 2 aromatic rings. The first-order chi connectivity index (χ1) is 14.7. The van der Waals surface area contributed by atoms with Gasteiger partial charge in [0.05, 0.1) is 17.0 Å². The molecule has 31 heavy (non-hydrogen) atoms. The maximum absolute atomic E-state index is 12.9. The Morgan fingerprint density at radius 2 is 2.00 bits per heavy atom. The van der Waals surface area contributed by atoms with Crippen molar-refractivity contribution in [2.24, 2.45) is 4.40 Å². The number of sulfonamides is 1. The van der Waals surface area contributed by atoms with Crippen molar-refractivity contribution in [3.05, 3.63) is 59.4 Å². The monoisotopic (exact) mass is 463 g/mol. The van der Waals surface area contributed by atoms with Gasteiger partial charge in [0.1, 0.15) is 5.82 Å². The minimum absolute atomic E-state index is 0.0646. The van der Waals surface area contributed by atoms with E-state index in [0.717, 1.165) is 5.69 Å². The number of hydrogen-bond acceptors (Lipinski definition) is 7. The van der Waals surface area contributed by atoms with Gasteiger partial charge in [-0.2, -0.15) is 0 Å². The van der Waals surface area contributed by atoms with Crippen LogP contribution in [-0.4, -0.2) is 43.9 Å². The van der Waals surface area contributed by atoms with Gasteiger partial charge in [0.25, 0.3) is 15.9 Å². The largest absolute Gasteiger partial charge is 0.449 e. The molecule has 0 fully saturated rings. The molecule has 0 radical (unpaired) electrons. The third kappa shape index (κ3) is 4.72. The Hall–Kier alpha value is -2.92. The summed E-state index contributed by atoms with van der Waals surface area (Å²) < 4.78 is 45.4. The highest BCUT2D eigenvalue weighted by Gasteiger charge is 2.33. The average Bonchev–Trinajstić information content (AvgIpc) is 3.08. The van der Waals surface area contributed by atoms with Crippen molar-refractivity contribution in [2.75, 3.05) is 17.2 Å². The fourth-order valence-corrected chi connectivity index (χ4v) is 5.37. The molecule has 0 saturated carbocycles. The molecule has 0 spiro atoms. The van der Waals surface area contributed by atoms with Crippen molar-refractivity contribution < 1.29 is 27.1 Å². The summed E-state index contributed by atoms with van der Waals surface area (Å²) in [7, 11) is -3.46. The van der Waals surface area contributed by atoms with Gasteiger partial charge in [-0.15, -0.1) is 4.40 Å². The molecular formula is C20H18FN3O5S2. The summed E-state index contributed by atoms with van der Waals surface area (Å²) in [5, 5.41) is 3.00. The minimum atomic E-state index is -3.46. The summed E-state index contributed by atoms with van der Waals surface area (Å²) in [6, 6.07) is 10.6. The maximum atomic E-state index is 12.9. The molecule has 1 atom stereocenters. The predicted molar refractivity (Wildman–Crippen MR) is 114 cm³/mol. The van der Waals surface area contributed by atoms with E-state index in [1.54, 1.807) is 35.2 Å². The van der Waals surface area contributed by atoms with Gasteiger partial charge in [0.15, 0.2) is 11.3 Å². The van der Waals surface area contributed by atoms with Gasteiger partial charge in [-0.3, -0.25) is 4.79 Å². The second-order valence-electron chi connectivity index (χ2n) is 6.99. The normalized spacial score (nSPS) is 17.2. The summed E-state index contributed by atoms with van der Waals surface area (Å²) in [5.41, 5.74) is 1.73. The van der Waals surface area contributed by atoms with Crippen molar-refractivity contribution in [1.29, 1.82) is 0 Å². The number of nitrogens with one attached hydrogen (secondary N) is 1. The molecule has 2 aliphatic heterocycles. The fraction of sp³-hybridized carbons (Fsp3) is 0.250. The number of hydrogen-bond donors (Lipinski definition) is 1. The lowest BCUT2D eigenvalue weighted by molar-refractivity contribution is -0.129. The smallest absolute Gasteiger partial charge is 0.338 e. The van der Waals surface area contributed by atoms with E-state index in [2.05, 4.69) is 9.71 Å². The number of esters is 1. The highest BCUT2D eigenvalue weighted by Crippen LogP contribution is 2.42. The Labute approximate surface area is 182 Å². The quantitative estimate of drug-likeness (QED) is 0.679. The lowest BCUT2D eigenvalue weighted by Gasteiger charge is -2.22. The topological polar surface area (TPSA) is 105 Å². The number of anilines is 1. The first-order valence-electron chi connectivity index (χ1n) is 9.37. The summed E-state index contributed by atoms with van der Waals surface area (Å²) >= 11 is 1.17. The van der Waals surface area contributed by atoms with Crippen LogP contribution in [0.1, 0.15) is 22.8 Å². The maximum Gasteiger partial charge on any atom is 0.338 e. The molecule has 2 aliphatic rings. The molecule has 162 valence electrons. The molecule has 2 aromatic carbocycles. The van der Waals surface area contributed by atoms with Crippen molar-refractivity contribution in [3.8, 4) is 0 Å². The van der Waals surface area contributed by atoms with E-state index in [0.29, 0.717) is 22.2 Å². The molecular weight excluding hydrogens is 445 g/mol. The van der Waals surface area contributed by atoms with Gasteiger partial charge in [-0.05, 0) is 54.6 Å². The molecule has 2 heterocycles. The van der Waals surface area contributed by atoms with E-state index in [1.165, 1.54) is 30.8 Å². The summed E-state index contributed by atoms with van der Waals surface area (Å²) in [5.74, 6) is -1.59. The Morgan fingerprint density at radius 3 is 2.74 bits per heavy atom. The van der Waals surface area contributed by atoms with Crippen LogP contribution in [0, 0.1) is 5.82 Å². The second-order valence-corrected chi connectivity index (χ2v) is 9.75. The summed E-state index contributed by atoms with van der Waals surface area (Å²) in [4.78, 5) is 27.2. The number of thioether (sulfide) groups is 1. The van der Waals surface area contributed by atoms with Crippen LogP contribution in [0.25, 0.3) is 0 Å². The zero-order valence-corrected chi connectivity index (χ0v) is 18.0. The summed E-state index contributed by atoms with van der Waals surface area (Å²) in [6.45, 7) is 1.94. The van der Waals surface area contributed by atoms with E-state index >= 15 is 0 Å². The standard InChI is InChI=1S/C20H18FN3O5S2/c1-12(18(25)22-11-13-2-5-15(21)6-3-13)29-19(26)14-4-7-16-17(10-14)30-20-23-31(27,28)9-8-24(16)20/h2-7,10,12H,8-9,11H2,1H3,(H,22,25). The van der Waals surface area contributed by atoms with Crippen molar-refractivity contribution >= 4 is 44.5 Å². The molecule has 11 heteroatoms. The zero-order chi connectivity index (χ0) is 22.2. The molecule has 4 rings (SSSR count). The van der Waals surface area contributed by atoms with Gasteiger partial charge in [-0.1, -0.05) is 12.1 Å². The van der Waals surface area contributed by atoms with Gasteiger partial charge in [0.2, 0.25) is 0 Å². The highest BCUT2D eigenvalue weighted by molar-refractivity contribution is 8.15. The first kappa shape index (κ1) is 21.3. The number of nitrogens with zero attached hydrogens (tertiary/aromatic N) is 2. The van der Waals surface area contributed by atoms with E-state index in [9.17, 15) is 22.4 Å². The Morgan fingerprint density at radius 1 is 1.26 bits per heavy atom. The molecule has 1 unspecified atom stereocenters. The van der Waals surface area contributed by atoms with Gasteiger partial charge in [-0.25, -0.2) is 17.6 Å². The number of rotatable bonds is 5. The number of carbonyl (C=O) groups excluding carboxylic acids is 2. The number of fused-ring (bicyclic) bond motifs is 3. The molecule has 1 amide bonds. The lowest BCUT2D eigenvalue weighted by atomic mass is 10.2. The predicted octanol–water partition coefficient (Wildman–Crippen LogP) is 2.30. The highest BCUT2D eigenvalue weighted by atomic mass is 32.2. The Balaban J connectivity index is 1.38. The van der Waals surface area contributed by atoms with Crippen molar-refractivity contribution in [1.82, 2.24) is 5.32 Å². The second kappa shape index (κ2) is 8.31. The van der Waals surface area contributed by atoms with E-state index in [4.69, 9.17) is 4.74 Å². The van der Waals surface area contributed by atoms with E-state index in [1.807, 2.05) is 0 Å². The number of benzene rings is 2. The van der Waals surface area contributed by atoms with Gasteiger partial charge < -0.3 is 15.0 Å². The molecule has 0 aromatic heterocycles. The van der Waals surface area contributed by atoms with Gasteiger partial charge >= 0.3 is 5.97 Å². The number of amidine groups is 1. The number of halogens is 1. The zero-order valence-electron chi connectivity index (χ0n) is 16.4. The molecule has 0 aliphatic carbocycles. The lowest BCUT2D eigenvalue weighted by Crippen LogP contribution is -2.35. The Kier molecular flexibility index (Phi) is 5.71. The molecule has 0 saturated heterocycles. The van der Waals surface area contributed by atoms with Crippen LogP contribution < -0.4 is 10.2 Å². The average molecular weight is 464 g/mol. The van der Waals surface area contributed by atoms with E-state index in [-0.39, 0.29) is 23.7 Å². The fourth-order valence-electron chi connectivity index (χ4n) is 3.07. The van der Waals surface area contributed by atoms with Crippen LogP contribution in [-0.2, 0) is 26.1 Å². The van der Waals surface area contributed by atoms with Crippen LogP contribution in [0.3, 0.4) is 0 Å².